The molecule has 3 aromatic rings. The van der Waals surface area contributed by atoms with Gasteiger partial charge in [-0.2, -0.15) is 0 Å². The average molecular weight is 313 g/mol. The van der Waals surface area contributed by atoms with Crippen molar-refractivity contribution in [2.75, 3.05) is 11.9 Å². The first kappa shape index (κ1) is 14.8. The van der Waals surface area contributed by atoms with E-state index in [-0.39, 0.29) is 16.7 Å². The lowest BCUT2D eigenvalue weighted by molar-refractivity contribution is 0.102. The Hall–Kier alpha value is -3.09. The Bertz CT molecular complexity index is 909. The normalized spacial score (nSPS) is 10.7. The van der Waals surface area contributed by atoms with Gasteiger partial charge < -0.3 is 19.5 Å². The number of aromatic amines is 1. The first-order valence-electron chi connectivity index (χ1n) is 7.11. The van der Waals surface area contributed by atoms with Gasteiger partial charge in [-0.05, 0) is 38.1 Å². The first-order chi connectivity index (χ1) is 11.1. The molecule has 7 heteroatoms. The highest BCUT2D eigenvalue weighted by Gasteiger charge is 2.21. The zero-order valence-corrected chi connectivity index (χ0v) is 12.7. The quantitative estimate of drug-likeness (QED) is 0.771. The minimum atomic E-state index is -0.427. The molecule has 0 unspecified atom stereocenters. The van der Waals surface area contributed by atoms with Crippen LogP contribution in [0, 0.1) is 6.92 Å². The number of aromatic nitrogens is 2. The molecule has 7 nitrogen and oxygen atoms in total. The molecule has 2 heterocycles. The van der Waals surface area contributed by atoms with Crippen LogP contribution in [-0.2, 0) is 0 Å². The summed E-state index contributed by atoms with van der Waals surface area (Å²) in [6, 6.07) is 6.97. The third-order valence-electron chi connectivity index (χ3n) is 3.32. The number of nitrogens with zero attached hydrogens (tertiary/aromatic N) is 1. The molecule has 0 saturated heterocycles. The number of hydrogen-bond donors (Lipinski definition) is 2. The summed E-state index contributed by atoms with van der Waals surface area (Å²) < 4.78 is 10.7. The molecule has 2 aromatic heterocycles. The van der Waals surface area contributed by atoms with Crippen LogP contribution >= 0.6 is 0 Å². The molecule has 1 aromatic carbocycles. The largest absolute Gasteiger partial charge is 0.494 e. The van der Waals surface area contributed by atoms with Crippen LogP contribution in [0.15, 0.2) is 39.8 Å². The number of nitrogens with one attached hydrogen (secondary N) is 2. The molecule has 0 radical (unpaired) electrons. The van der Waals surface area contributed by atoms with Crippen LogP contribution in [0.25, 0.3) is 11.1 Å². The van der Waals surface area contributed by atoms with Gasteiger partial charge >= 0.3 is 0 Å². The second kappa shape index (κ2) is 5.96. The Morgan fingerprint density at radius 3 is 2.78 bits per heavy atom. The number of carbonyl (C=O) groups excluding carboxylic acids is 1. The highest BCUT2D eigenvalue weighted by atomic mass is 16.5. The van der Waals surface area contributed by atoms with Gasteiger partial charge in [0.1, 0.15) is 16.9 Å². The maximum absolute atomic E-state index is 12.5. The van der Waals surface area contributed by atoms with E-state index in [9.17, 15) is 9.59 Å². The highest BCUT2D eigenvalue weighted by Crippen LogP contribution is 2.22. The molecule has 0 atom stereocenters. The van der Waals surface area contributed by atoms with Gasteiger partial charge in [0.15, 0.2) is 0 Å². The van der Waals surface area contributed by atoms with E-state index in [1.807, 2.05) is 6.92 Å². The summed E-state index contributed by atoms with van der Waals surface area (Å²) in [7, 11) is 0. The molecule has 0 saturated carbocycles. The number of H-pyrrole nitrogens is 1. The number of furan rings is 1. The predicted molar refractivity (Wildman–Crippen MR) is 84.9 cm³/mol. The Balaban J connectivity index is 1.92. The SMILES string of the molecule is CCOc1ccc(NC(=O)c2c(C)oc3nc[nH]c(=O)c23)cc1. The fourth-order valence-electron chi connectivity index (χ4n) is 2.32. The number of benzene rings is 1. The summed E-state index contributed by atoms with van der Waals surface area (Å²) in [4.78, 5) is 30.8. The van der Waals surface area contributed by atoms with Gasteiger partial charge in [-0.1, -0.05) is 0 Å². The van der Waals surface area contributed by atoms with Gasteiger partial charge in [0.2, 0.25) is 5.71 Å². The van der Waals surface area contributed by atoms with Gasteiger partial charge in [-0.15, -0.1) is 0 Å². The number of fused-ring (bicyclic) bond motifs is 1. The topological polar surface area (TPSA) is 97.2 Å². The lowest BCUT2D eigenvalue weighted by Gasteiger charge is -2.06. The van der Waals surface area contributed by atoms with Crippen molar-refractivity contribution < 1.29 is 13.9 Å². The fourth-order valence-corrected chi connectivity index (χ4v) is 2.32. The van der Waals surface area contributed by atoms with Crippen molar-refractivity contribution in [3.05, 3.63) is 52.3 Å². The number of hydrogen-bond acceptors (Lipinski definition) is 5. The second-order valence-electron chi connectivity index (χ2n) is 4.86. The summed E-state index contributed by atoms with van der Waals surface area (Å²) in [5.74, 6) is 0.632. The summed E-state index contributed by atoms with van der Waals surface area (Å²) in [5.41, 5.74) is 0.502. The van der Waals surface area contributed by atoms with Crippen molar-refractivity contribution >= 4 is 22.7 Å². The van der Waals surface area contributed by atoms with Crippen LogP contribution in [0.4, 0.5) is 5.69 Å². The molecule has 0 bridgehead atoms. The molecule has 0 aliphatic carbocycles. The number of amides is 1. The van der Waals surface area contributed by atoms with Crippen molar-refractivity contribution in [3.8, 4) is 5.75 Å². The monoisotopic (exact) mass is 313 g/mol. The summed E-state index contributed by atoms with van der Waals surface area (Å²) >= 11 is 0. The van der Waals surface area contributed by atoms with E-state index in [4.69, 9.17) is 9.15 Å². The lowest BCUT2D eigenvalue weighted by atomic mass is 10.1. The average Bonchev–Trinajstić information content (AvgIpc) is 2.87. The highest BCUT2D eigenvalue weighted by molar-refractivity contribution is 6.12. The zero-order valence-electron chi connectivity index (χ0n) is 12.7. The van der Waals surface area contributed by atoms with Crippen molar-refractivity contribution in [2.24, 2.45) is 0 Å². The Labute approximate surface area is 131 Å². The molecule has 0 spiro atoms. The predicted octanol–water partition coefficient (Wildman–Crippen LogP) is 2.48. The third-order valence-corrected chi connectivity index (χ3v) is 3.32. The van der Waals surface area contributed by atoms with E-state index in [2.05, 4.69) is 15.3 Å². The van der Waals surface area contributed by atoms with Gasteiger partial charge in [-0.25, -0.2) is 4.98 Å². The van der Waals surface area contributed by atoms with E-state index in [1.165, 1.54) is 6.33 Å². The van der Waals surface area contributed by atoms with Gasteiger partial charge in [0.25, 0.3) is 11.5 Å². The van der Waals surface area contributed by atoms with Crippen LogP contribution in [-0.4, -0.2) is 22.5 Å². The molecule has 0 aliphatic rings. The number of carbonyl (C=O) groups is 1. The molecular formula is C16H15N3O4. The van der Waals surface area contributed by atoms with E-state index >= 15 is 0 Å². The van der Waals surface area contributed by atoms with Crippen LogP contribution in [0.1, 0.15) is 23.0 Å². The summed E-state index contributed by atoms with van der Waals surface area (Å²) in [6.07, 6.45) is 1.24. The fraction of sp³-hybridized carbons (Fsp3) is 0.188. The second-order valence-corrected chi connectivity index (χ2v) is 4.86. The number of anilines is 1. The summed E-state index contributed by atoms with van der Waals surface area (Å²) in [6.45, 7) is 4.09. The standard InChI is InChI=1S/C16H15N3O4/c1-3-22-11-6-4-10(5-7-11)19-15(21)12-9(2)23-16-13(12)14(20)17-8-18-16/h4-8H,3H2,1-2H3,(H,19,21)(H,17,18,20). The smallest absolute Gasteiger partial charge is 0.262 e. The van der Waals surface area contributed by atoms with Crippen LogP contribution in [0.5, 0.6) is 5.75 Å². The molecule has 2 N–H and O–H groups in total. The number of ether oxygens (including phenoxy) is 1. The van der Waals surface area contributed by atoms with Crippen LogP contribution < -0.4 is 15.6 Å². The number of aryl methyl sites for hydroxylation is 1. The van der Waals surface area contributed by atoms with Gasteiger partial charge in [0, 0.05) is 5.69 Å². The van der Waals surface area contributed by atoms with Gasteiger partial charge in [-0.3, -0.25) is 9.59 Å². The zero-order chi connectivity index (χ0) is 16.4. The maximum atomic E-state index is 12.5. The molecule has 0 aliphatic heterocycles. The lowest BCUT2D eigenvalue weighted by Crippen LogP contribution is -2.16. The minimum Gasteiger partial charge on any atom is -0.494 e. The van der Waals surface area contributed by atoms with E-state index in [1.54, 1.807) is 31.2 Å². The van der Waals surface area contributed by atoms with Gasteiger partial charge in [0.05, 0.1) is 18.5 Å². The molecule has 3 rings (SSSR count). The van der Waals surface area contributed by atoms with Crippen molar-refractivity contribution in [1.82, 2.24) is 9.97 Å². The minimum absolute atomic E-state index is 0.142. The molecule has 1 amide bonds. The summed E-state index contributed by atoms with van der Waals surface area (Å²) in [5, 5.41) is 2.89. The van der Waals surface area contributed by atoms with E-state index < -0.39 is 11.5 Å². The Morgan fingerprint density at radius 1 is 1.35 bits per heavy atom. The van der Waals surface area contributed by atoms with Crippen LogP contribution in [0.2, 0.25) is 0 Å². The Morgan fingerprint density at radius 2 is 2.09 bits per heavy atom. The third kappa shape index (κ3) is 2.80. The van der Waals surface area contributed by atoms with Crippen molar-refractivity contribution in [2.45, 2.75) is 13.8 Å². The van der Waals surface area contributed by atoms with Crippen molar-refractivity contribution in [3.63, 3.8) is 0 Å². The molecular weight excluding hydrogens is 298 g/mol. The maximum Gasteiger partial charge on any atom is 0.262 e. The number of rotatable bonds is 4. The Kier molecular flexibility index (Phi) is 3.84. The van der Waals surface area contributed by atoms with Crippen LogP contribution in [0.3, 0.4) is 0 Å². The molecule has 0 fully saturated rings. The molecule has 23 heavy (non-hydrogen) atoms. The van der Waals surface area contributed by atoms with E-state index in [0.717, 1.165) is 5.75 Å². The molecule has 118 valence electrons. The van der Waals surface area contributed by atoms with Crippen molar-refractivity contribution in [1.29, 1.82) is 0 Å². The first-order valence-corrected chi connectivity index (χ1v) is 7.11. The van der Waals surface area contributed by atoms with E-state index in [0.29, 0.717) is 18.1 Å².